The van der Waals surface area contributed by atoms with E-state index >= 15 is 0 Å². The topological polar surface area (TPSA) is 46.3 Å². The van der Waals surface area contributed by atoms with Gasteiger partial charge in [-0.2, -0.15) is 0 Å². The zero-order valence-electron chi connectivity index (χ0n) is 11.5. The summed E-state index contributed by atoms with van der Waals surface area (Å²) in [5.41, 5.74) is 6.04. The summed E-state index contributed by atoms with van der Waals surface area (Å²) >= 11 is 0. The molecule has 3 rings (SSSR count). The van der Waals surface area contributed by atoms with Crippen molar-refractivity contribution in [1.29, 1.82) is 0 Å². The highest BCUT2D eigenvalue weighted by molar-refractivity contribution is 5.79. The van der Waals surface area contributed by atoms with Gasteiger partial charge in [0.1, 0.15) is 0 Å². The number of fused-ring (bicyclic) bond motifs is 2. The third-order valence-corrected chi connectivity index (χ3v) is 5.66. The maximum Gasteiger partial charge on any atom is 0.226 e. The molecule has 0 aromatic rings. The number of carbonyl (C=O) groups excluding carboxylic acids is 1. The summed E-state index contributed by atoms with van der Waals surface area (Å²) in [6, 6.07) is 0.111. The maximum absolute atomic E-state index is 12.4. The van der Waals surface area contributed by atoms with E-state index in [1.807, 2.05) is 11.9 Å². The lowest BCUT2D eigenvalue weighted by atomic mass is 9.88. The van der Waals surface area contributed by atoms with Crippen LogP contribution < -0.4 is 5.73 Å². The molecule has 3 aliphatic carbocycles. The minimum Gasteiger partial charge on any atom is -0.345 e. The van der Waals surface area contributed by atoms with Gasteiger partial charge in [-0.3, -0.25) is 4.79 Å². The number of nitrogens with two attached hydrogens (primary N) is 1. The fourth-order valence-electron chi connectivity index (χ4n) is 4.62. The molecule has 0 aromatic heterocycles. The number of hydrogen-bond donors (Lipinski definition) is 1. The van der Waals surface area contributed by atoms with Gasteiger partial charge in [0.05, 0.1) is 5.92 Å². The van der Waals surface area contributed by atoms with Gasteiger partial charge in [-0.15, -0.1) is 0 Å². The quantitative estimate of drug-likeness (QED) is 0.833. The monoisotopic (exact) mass is 250 g/mol. The minimum atomic E-state index is 0.105. The third-order valence-electron chi connectivity index (χ3n) is 5.66. The van der Waals surface area contributed by atoms with E-state index in [2.05, 4.69) is 0 Å². The molecule has 0 radical (unpaired) electrons. The normalized spacial score (nSPS) is 42.4. The Bertz CT molecular complexity index is 330. The Kier molecular flexibility index (Phi) is 3.35. The zero-order valence-corrected chi connectivity index (χ0v) is 11.5. The lowest BCUT2D eigenvalue weighted by molar-refractivity contribution is -0.135. The molecule has 3 aliphatic rings. The predicted octanol–water partition coefficient (Wildman–Crippen LogP) is 2.01. The Morgan fingerprint density at radius 3 is 2.61 bits per heavy atom. The molecule has 0 saturated heterocycles. The number of hydrogen-bond acceptors (Lipinski definition) is 2. The average Bonchev–Trinajstić information content (AvgIpc) is 3.04. The fourth-order valence-corrected chi connectivity index (χ4v) is 4.62. The van der Waals surface area contributed by atoms with E-state index in [-0.39, 0.29) is 12.0 Å². The Morgan fingerprint density at radius 1 is 1.22 bits per heavy atom. The first-order chi connectivity index (χ1) is 8.65. The van der Waals surface area contributed by atoms with Crippen LogP contribution >= 0.6 is 0 Å². The van der Waals surface area contributed by atoms with Crippen molar-refractivity contribution in [3.63, 3.8) is 0 Å². The molecular formula is C15H26N2O. The van der Waals surface area contributed by atoms with Crippen molar-refractivity contribution >= 4 is 5.91 Å². The number of amides is 1. The molecule has 1 amide bonds. The lowest BCUT2D eigenvalue weighted by Gasteiger charge is -2.29. The van der Waals surface area contributed by atoms with Gasteiger partial charge < -0.3 is 10.6 Å². The van der Waals surface area contributed by atoms with Crippen molar-refractivity contribution in [3.8, 4) is 0 Å². The predicted molar refractivity (Wildman–Crippen MR) is 71.9 cm³/mol. The summed E-state index contributed by atoms with van der Waals surface area (Å²) in [5.74, 6) is 3.06. The van der Waals surface area contributed by atoms with Gasteiger partial charge in [0.25, 0.3) is 0 Å². The molecule has 0 spiro atoms. The maximum atomic E-state index is 12.4. The summed E-state index contributed by atoms with van der Waals surface area (Å²) in [6.07, 6.45) is 8.78. The van der Waals surface area contributed by atoms with Gasteiger partial charge in [-0.25, -0.2) is 0 Å². The summed E-state index contributed by atoms with van der Waals surface area (Å²) in [7, 11) is 1.99. The van der Waals surface area contributed by atoms with Gasteiger partial charge in [-0.05, 0) is 49.9 Å². The van der Waals surface area contributed by atoms with Crippen LogP contribution in [0.5, 0.6) is 0 Å². The van der Waals surface area contributed by atoms with Crippen LogP contribution in [-0.2, 0) is 4.79 Å². The molecule has 5 atom stereocenters. The highest BCUT2D eigenvalue weighted by atomic mass is 16.2. The average molecular weight is 250 g/mol. The Morgan fingerprint density at radius 2 is 2.06 bits per heavy atom. The lowest BCUT2D eigenvalue weighted by Crippen LogP contribution is -2.42. The first kappa shape index (κ1) is 12.5. The molecule has 2 N–H and O–H groups in total. The summed E-state index contributed by atoms with van der Waals surface area (Å²) in [6.45, 7) is 0.975. The second-order valence-corrected chi connectivity index (χ2v) is 6.85. The van der Waals surface area contributed by atoms with Crippen molar-refractivity contribution < 1.29 is 4.79 Å². The molecule has 5 unspecified atom stereocenters. The highest BCUT2D eigenvalue weighted by Crippen LogP contribution is 2.48. The van der Waals surface area contributed by atoms with E-state index in [9.17, 15) is 4.79 Å². The molecule has 2 bridgehead atoms. The van der Waals surface area contributed by atoms with Crippen molar-refractivity contribution in [2.75, 3.05) is 13.6 Å². The van der Waals surface area contributed by atoms with Crippen molar-refractivity contribution in [2.24, 2.45) is 29.4 Å². The Balaban J connectivity index is 1.54. The van der Waals surface area contributed by atoms with Gasteiger partial charge in [0.2, 0.25) is 5.91 Å². The Labute approximate surface area is 110 Å². The summed E-state index contributed by atoms with van der Waals surface area (Å²) in [5, 5.41) is 0. The molecule has 3 saturated carbocycles. The van der Waals surface area contributed by atoms with Crippen LogP contribution in [0.3, 0.4) is 0 Å². The number of carbonyl (C=O) groups is 1. The molecule has 102 valence electrons. The second kappa shape index (κ2) is 4.84. The van der Waals surface area contributed by atoms with E-state index in [1.165, 1.54) is 25.7 Å². The van der Waals surface area contributed by atoms with Crippen LogP contribution in [0.15, 0.2) is 0 Å². The van der Waals surface area contributed by atoms with Gasteiger partial charge in [-0.1, -0.05) is 12.8 Å². The minimum absolute atomic E-state index is 0.105. The third kappa shape index (κ3) is 2.18. The second-order valence-electron chi connectivity index (χ2n) is 6.85. The SMILES string of the molecule is CN(CC1CC2CCC1C2)C(=O)C1CCCC1N. The standard InChI is InChI=1S/C15H26N2O/c1-17(15(18)13-3-2-4-14(13)16)9-12-8-10-5-6-11(12)7-10/h10-14H,2-9,16H2,1H3. The molecule has 3 nitrogen and oxygen atoms in total. The van der Waals surface area contributed by atoms with E-state index in [0.717, 1.165) is 43.6 Å². The van der Waals surface area contributed by atoms with E-state index in [0.29, 0.717) is 5.91 Å². The number of rotatable bonds is 3. The largest absolute Gasteiger partial charge is 0.345 e. The molecule has 0 aliphatic heterocycles. The van der Waals surface area contributed by atoms with Crippen molar-refractivity contribution in [2.45, 2.75) is 51.0 Å². The molecule has 0 aromatic carbocycles. The highest BCUT2D eigenvalue weighted by Gasteiger charge is 2.41. The van der Waals surface area contributed by atoms with Crippen LogP contribution in [0.1, 0.15) is 44.9 Å². The molecular weight excluding hydrogens is 224 g/mol. The first-order valence-corrected chi connectivity index (χ1v) is 7.65. The van der Waals surface area contributed by atoms with Crippen LogP contribution in [-0.4, -0.2) is 30.4 Å². The fraction of sp³-hybridized carbons (Fsp3) is 0.933. The van der Waals surface area contributed by atoms with Crippen molar-refractivity contribution in [1.82, 2.24) is 4.90 Å². The van der Waals surface area contributed by atoms with Crippen LogP contribution in [0.4, 0.5) is 0 Å². The molecule has 18 heavy (non-hydrogen) atoms. The molecule has 3 fully saturated rings. The van der Waals surface area contributed by atoms with E-state index in [4.69, 9.17) is 5.73 Å². The smallest absolute Gasteiger partial charge is 0.226 e. The summed E-state index contributed by atoms with van der Waals surface area (Å²) < 4.78 is 0. The van der Waals surface area contributed by atoms with Crippen molar-refractivity contribution in [3.05, 3.63) is 0 Å². The van der Waals surface area contributed by atoms with Gasteiger partial charge in [0, 0.05) is 19.6 Å². The van der Waals surface area contributed by atoms with Gasteiger partial charge >= 0.3 is 0 Å². The Hall–Kier alpha value is -0.570. The molecule has 0 heterocycles. The number of nitrogens with zero attached hydrogens (tertiary/aromatic N) is 1. The first-order valence-electron chi connectivity index (χ1n) is 7.65. The van der Waals surface area contributed by atoms with Crippen LogP contribution in [0.25, 0.3) is 0 Å². The van der Waals surface area contributed by atoms with E-state index < -0.39 is 0 Å². The molecule has 3 heteroatoms. The zero-order chi connectivity index (χ0) is 12.7. The van der Waals surface area contributed by atoms with Gasteiger partial charge in [0.15, 0.2) is 0 Å². The van der Waals surface area contributed by atoms with Crippen LogP contribution in [0, 0.1) is 23.7 Å². The van der Waals surface area contributed by atoms with Crippen LogP contribution in [0.2, 0.25) is 0 Å². The van der Waals surface area contributed by atoms with E-state index in [1.54, 1.807) is 0 Å². The summed E-state index contributed by atoms with van der Waals surface area (Å²) in [4.78, 5) is 14.4.